The van der Waals surface area contributed by atoms with Crippen molar-refractivity contribution in [1.82, 2.24) is 0 Å². The molecule has 0 unspecified atom stereocenters. The van der Waals surface area contributed by atoms with Crippen molar-refractivity contribution in [3.63, 3.8) is 0 Å². The number of benzene rings is 2. The predicted molar refractivity (Wildman–Crippen MR) is 332 cm³/mol. The van der Waals surface area contributed by atoms with Crippen molar-refractivity contribution in [3.05, 3.63) is 96.6 Å². The zero-order valence-corrected chi connectivity index (χ0v) is 54.5. The Labute approximate surface area is 479 Å². The molecule has 0 amide bonds. The van der Waals surface area contributed by atoms with Gasteiger partial charge in [0.2, 0.25) is 16.6 Å². The Kier molecular flexibility index (Phi) is 25.9. The molecule has 2 saturated heterocycles. The van der Waals surface area contributed by atoms with Crippen LogP contribution < -0.4 is 10.4 Å². The van der Waals surface area contributed by atoms with Crippen molar-refractivity contribution in [2.45, 2.75) is 307 Å². The van der Waals surface area contributed by atoms with Gasteiger partial charge < -0.3 is 31.9 Å². The number of rotatable bonds is 33. The lowest BCUT2D eigenvalue weighted by atomic mass is 10.0. The number of ether oxygens (including phenoxy) is 3. The molecule has 9 atom stereocenters. The Balaban J connectivity index is 1.18. The van der Waals surface area contributed by atoms with Crippen LogP contribution in [0.15, 0.2) is 96.6 Å². The molecule has 4 heterocycles. The normalized spacial score (nSPS) is 24.9. The summed E-state index contributed by atoms with van der Waals surface area (Å²) < 4.78 is 50.3. The van der Waals surface area contributed by atoms with Gasteiger partial charge in [-0.05, 0) is 108 Å². The van der Waals surface area contributed by atoms with E-state index in [0.717, 1.165) is 67.3 Å². The molecule has 78 heavy (non-hydrogen) atoms. The maximum Gasteiger partial charge on any atom is 0.408 e. The topological polar surface area (TPSA) is 81.7 Å². The predicted octanol–water partition coefficient (Wildman–Crippen LogP) is 17.1. The summed E-state index contributed by atoms with van der Waals surface area (Å²) in [7, 11) is -7.73. The third-order valence-electron chi connectivity index (χ3n) is 18.4. The monoisotopic (exact) mass is 1130 g/mol. The molecular formula is C67H110O8Si3. The molecular weight excluding hydrogens is 1020 g/mol. The molecule has 2 fully saturated rings. The van der Waals surface area contributed by atoms with E-state index in [1.165, 1.54) is 64.2 Å². The molecule has 0 aliphatic carbocycles. The minimum atomic E-state index is -3.36. The molecule has 0 saturated carbocycles. The summed E-state index contributed by atoms with van der Waals surface area (Å²) in [4.78, 5) is 12.8. The van der Waals surface area contributed by atoms with Gasteiger partial charge in [0.05, 0.1) is 42.7 Å². The van der Waals surface area contributed by atoms with Crippen LogP contribution in [0.4, 0.5) is 0 Å². The lowest BCUT2D eigenvalue weighted by Crippen LogP contribution is -2.66. The Hall–Kier alpha value is -2.46. The van der Waals surface area contributed by atoms with Crippen LogP contribution in [-0.2, 0) is 36.7 Å². The summed E-state index contributed by atoms with van der Waals surface area (Å²) in [5.41, 5.74) is 3.65. The second-order valence-electron chi connectivity index (χ2n) is 25.9. The summed E-state index contributed by atoms with van der Waals surface area (Å²) in [6.07, 6.45) is 31.5. The highest BCUT2D eigenvalue weighted by Crippen LogP contribution is 2.47. The minimum absolute atomic E-state index is 0.0198. The van der Waals surface area contributed by atoms with Crippen LogP contribution in [0.3, 0.4) is 0 Å². The summed E-state index contributed by atoms with van der Waals surface area (Å²) in [6.45, 7) is 32.7. The largest absolute Gasteiger partial charge is 0.455 e. The van der Waals surface area contributed by atoms with E-state index in [0.29, 0.717) is 39.7 Å². The second-order valence-corrected chi connectivity index (χ2v) is 39.5. The standard InChI is InChI=1S/C67H110O8Si3/c1-15-16-17-18-19-20-21-22-23-33-40-64(73-77(52(8)9,53(10)11)54(12)13)62-43-44-63(71-62)66-46-45-65(74-78(75-66,59-36-29-25-30-37-59)60-38-31-26-32-39-60)61-42-41-57(70-61)34-27-24-28-35-58(48-56-47-55(14)69-67(56)68)72-76(49(2)3,50(4)5)51(6)7/h24-27,29-32,36-39,45-47,49-55,57-58,61-66H,15-23,28,33-35,40-44,48H2,1-14H3/b27-24+/t55-,57+,58+,61-,62+,63+,64+,65-,66+/m0/s1. The van der Waals surface area contributed by atoms with Crippen molar-refractivity contribution in [1.29, 1.82) is 0 Å². The molecule has 0 aromatic heterocycles. The molecule has 4 aliphatic heterocycles. The zero-order valence-electron chi connectivity index (χ0n) is 51.5. The lowest BCUT2D eigenvalue weighted by molar-refractivity contribution is -0.139. The molecule has 8 nitrogen and oxygen atoms in total. The number of hydrogen-bond acceptors (Lipinski definition) is 8. The first-order valence-electron chi connectivity index (χ1n) is 31.8. The quantitative estimate of drug-likeness (QED) is 0.0303. The first-order chi connectivity index (χ1) is 37.4. The van der Waals surface area contributed by atoms with Gasteiger partial charge >= 0.3 is 14.5 Å². The van der Waals surface area contributed by atoms with Gasteiger partial charge in [0.15, 0.2) is 0 Å². The molecule has 6 rings (SSSR count). The van der Waals surface area contributed by atoms with Crippen LogP contribution in [0, 0.1) is 0 Å². The maximum absolute atomic E-state index is 12.8. The van der Waals surface area contributed by atoms with Gasteiger partial charge in [-0.15, -0.1) is 0 Å². The van der Waals surface area contributed by atoms with E-state index in [1.807, 2.05) is 13.0 Å². The first kappa shape index (κ1) is 64.7. The van der Waals surface area contributed by atoms with Crippen molar-refractivity contribution in [2.24, 2.45) is 0 Å². The van der Waals surface area contributed by atoms with E-state index in [4.69, 9.17) is 31.9 Å². The van der Waals surface area contributed by atoms with Gasteiger partial charge in [-0.3, -0.25) is 0 Å². The third kappa shape index (κ3) is 16.6. The van der Waals surface area contributed by atoms with Crippen LogP contribution in [0.5, 0.6) is 0 Å². The molecule has 0 N–H and O–H groups in total. The molecule has 4 aliphatic rings. The number of cyclic esters (lactones) is 1. The van der Waals surface area contributed by atoms with Crippen molar-refractivity contribution in [3.8, 4) is 0 Å². The Morgan fingerprint density at radius 2 is 1.08 bits per heavy atom. The number of carbonyl (C=O) groups is 1. The number of unbranched alkanes of at least 4 members (excludes halogenated alkanes) is 9. The van der Waals surface area contributed by atoms with E-state index >= 15 is 0 Å². The summed E-state index contributed by atoms with van der Waals surface area (Å²) in [5, 5.41) is 2.19. The first-order valence-corrected chi connectivity index (χ1v) is 37.9. The fourth-order valence-electron chi connectivity index (χ4n) is 14.6. The highest BCUT2D eigenvalue weighted by atomic mass is 28.4. The molecule has 11 heteroatoms. The molecule has 0 bridgehead atoms. The van der Waals surface area contributed by atoms with Gasteiger partial charge in [-0.2, -0.15) is 0 Å². The smallest absolute Gasteiger partial charge is 0.408 e. The van der Waals surface area contributed by atoms with Crippen LogP contribution in [0.25, 0.3) is 0 Å². The number of esters is 1. The van der Waals surface area contributed by atoms with Crippen LogP contribution in [-0.4, -0.2) is 86.1 Å². The Bertz CT molecular complexity index is 2060. The lowest BCUT2D eigenvalue weighted by Gasteiger charge is -2.46. The average molecular weight is 1130 g/mol. The number of carbonyl (C=O) groups excluding carboxylic acids is 1. The van der Waals surface area contributed by atoms with E-state index in [9.17, 15) is 4.79 Å². The molecule has 2 aromatic rings. The van der Waals surface area contributed by atoms with Gasteiger partial charge in [0, 0.05) is 18.1 Å². The van der Waals surface area contributed by atoms with E-state index < -0.39 is 25.2 Å². The number of hydrogen-bond donors (Lipinski definition) is 0. The van der Waals surface area contributed by atoms with Gasteiger partial charge in [0.25, 0.3) is 0 Å². The van der Waals surface area contributed by atoms with Gasteiger partial charge in [-0.25, -0.2) is 4.79 Å². The highest BCUT2D eigenvalue weighted by Gasteiger charge is 2.53. The molecule has 0 radical (unpaired) electrons. The highest BCUT2D eigenvalue weighted by molar-refractivity contribution is 6.92. The van der Waals surface area contributed by atoms with E-state index in [2.05, 4.69) is 175 Å². The molecule has 2 aromatic carbocycles. The molecule has 0 spiro atoms. The Morgan fingerprint density at radius 1 is 0.590 bits per heavy atom. The van der Waals surface area contributed by atoms with Gasteiger partial charge in [0.1, 0.15) is 6.10 Å². The SMILES string of the molecule is CCCCCCCCCCCC[C@@H](O[Si](C(C)C)(C(C)C)C(C)C)[C@H]1CC[C@H]([C@H]2C=C[C@@H]([C@@H]3CC[C@@H](C/C=C/CC[C@H](CC4=C[C@H](C)OC4=O)O[Si](C(C)C)(C(C)C)C(C)C)O3)O[Si](c3ccccc3)(c3ccccc3)O2)O1. The molecule has 438 valence electrons. The fourth-order valence-corrected chi connectivity index (χ4v) is 29.2. The van der Waals surface area contributed by atoms with Crippen LogP contribution in [0.2, 0.25) is 33.2 Å². The maximum atomic E-state index is 12.8. The van der Waals surface area contributed by atoms with Crippen LogP contribution >= 0.6 is 0 Å². The van der Waals surface area contributed by atoms with E-state index in [-0.39, 0.29) is 60.9 Å². The average Bonchev–Trinajstić information content (AvgIpc) is 4.14. The number of allylic oxidation sites excluding steroid dienone is 1. The van der Waals surface area contributed by atoms with Crippen LogP contribution in [0.1, 0.15) is 219 Å². The Morgan fingerprint density at radius 3 is 1.58 bits per heavy atom. The second kappa shape index (κ2) is 31.3. The van der Waals surface area contributed by atoms with Crippen molar-refractivity contribution >= 4 is 41.5 Å². The van der Waals surface area contributed by atoms with E-state index in [1.54, 1.807) is 0 Å². The fraction of sp³-hybridized carbons (Fsp3) is 0.716. The summed E-state index contributed by atoms with van der Waals surface area (Å²) in [5.74, 6) is -0.195. The minimum Gasteiger partial charge on any atom is -0.455 e. The van der Waals surface area contributed by atoms with Gasteiger partial charge in [-0.1, -0.05) is 239 Å². The van der Waals surface area contributed by atoms with Crippen molar-refractivity contribution < 1.29 is 36.7 Å². The van der Waals surface area contributed by atoms with Crippen molar-refractivity contribution in [2.75, 3.05) is 0 Å². The zero-order chi connectivity index (χ0) is 56.5. The third-order valence-corrected chi connectivity index (χ3v) is 34.1. The summed E-state index contributed by atoms with van der Waals surface area (Å²) >= 11 is 0. The summed E-state index contributed by atoms with van der Waals surface area (Å²) in [6, 6.07) is 21.5.